The van der Waals surface area contributed by atoms with Crippen LogP contribution in [0.5, 0.6) is 0 Å². The SMILES string of the molecule is C/C=C1\C(=NC)N=C(C)C(C)=C1C. The number of nitrogens with zero attached hydrogens (tertiary/aromatic N) is 2. The number of amidine groups is 1. The van der Waals surface area contributed by atoms with Crippen molar-refractivity contribution in [2.45, 2.75) is 27.7 Å². The second kappa shape index (κ2) is 3.69. The highest BCUT2D eigenvalue weighted by molar-refractivity contribution is 6.17. The van der Waals surface area contributed by atoms with Crippen LogP contribution >= 0.6 is 0 Å². The standard InChI is InChI=1S/C11H16N2/c1-6-10-8(3)7(2)9(4)13-11(10)12-5/h6H,1-5H3/b10-6-,12-11?. The first kappa shape index (κ1) is 9.90. The van der Waals surface area contributed by atoms with Crippen LogP contribution < -0.4 is 0 Å². The van der Waals surface area contributed by atoms with E-state index in [1.807, 2.05) is 13.8 Å². The number of allylic oxidation sites excluding steroid dienone is 2. The predicted octanol–water partition coefficient (Wildman–Crippen LogP) is 2.77. The number of aliphatic imine (C=N–C) groups is 2. The molecule has 1 heterocycles. The van der Waals surface area contributed by atoms with Gasteiger partial charge in [-0.1, -0.05) is 6.08 Å². The Balaban J connectivity index is 3.31. The topological polar surface area (TPSA) is 24.7 Å². The average molecular weight is 176 g/mol. The van der Waals surface area contributed by atoms with Gasteiger partial charge < -0.3 is 0 Å². The van der Waals surface area contributed by atoms with Crippen molar-refractivity contribution in [1.29, 1.82) is 0 Å². The van der Waals surface area contributed by atoms with Gasteiger partial charge in [0.2, 0.25) is 0 Å². The van der Waals surface area contributed by atoms with Crippen molar-refractivity contribution in [2.24, 2.45) is 9.98 Å². The maximum atomic E-state index is 4.42. The fourth-order valence-corrected chi connectivity index (χ4v) is 1.46. The van der Waals surface area contributed by atoms with E-state index in [2.05, 4.69) is 29.9 Å². The molecule has 0 aromatic rings. The number of hydrogen-bond acceptors (Lipinski definition) is 1. The van der Waals surface area contributed by atoms with E-state index in [0.717, 1.165) is 17.1 Å². The molecule has 1 rings (SSSR count). The van der Waals surface area contributed by atoms with E-state index in [-0.39, 0.29) is 0 Å². The zero-order valence-electron chi connectivity index (χ0n) is 8.97. The third-order valence-electron chi connectivity index (χ3n) is 2.52. The van der Waals surface area contributed by atoms with Crippen LogP contribution in [0.1, 0.15) is 27.7 Å². The molecule has 2 nitrogen and oxygen atoms in total. The van der Waals surface area contributed by atoms with E-state index in [9.17, 15) is 0 Å². The third kappa shape index (κ3) is 1.62. The van der Waals surface area contributed by atoms with Gasteiger partial charge in [0, 0.05) is 18.3 Å². The fraction of sp³-hybridized carbons (Fsp3) is 0.455. The second-order valence-corrected chi connectivity index (χ2v) is 3.20. The monoisotopic (exact) mass is 176 g/mol. The summed E-state index contributed by atoms with van der Waals surface area (Å²) in [4.78, 5) is 8.59. The van der Waals surface area contributed by atoms with Crippen molar-refractivity contribution in [3.8, 4) is 0 Å². The zero-order valence-corrected chi connectivity index (χ0v) is 8.97. The lowest BCUT2D eigenvalue weighted by molar-refractivity contribution is 1.27. The lowest BCUT2D eigenvalue weighted by Crippen LogP contribution is -2.14. The molecule has 0 saturated carbocycles. The van der Waals surface area contributed by atoms with Gasteiger partial charge >= 0.3 is 0 Å². The van der Waals surface area contributed by atoms with E-state index in [1.165, 1.54) is 11.1 Å². The third-order valence-corrected chi connectivity index (χ3v) is 2.52. The lowest BCUT2D eigenvalue weighted by atomic mass is 9.96. The van der Waals surface area contributed by atoms with Gasteiger partial charge in [-0.05, 0) is 38.8 Å². The molecule has 0 bridgehead atoms. The quantitative estimate of drug-likeness (QED) is 0.542. The molecule has 1 aliphatic rings. The Kier molecular flexibility index (Phi) is 2.81. The Morgan fingerprint density at radius 3 is 2.23 bits per heavy atom. The second-order valence-electron chi connectivity index (χ2n) is 3.20. The summed E-state index contributed by atoms with van der Waals surface area (Å²) in [7, 11) is 1.78. The van der Waals surface area contributed by atoms with Crippen LogP contribution in [0.15, 0.2) is 32.8 Å². The van der Waals surface area contributed by atoms with Crippen LogP contribution in [0.3, 0.4) is 0 Å². The summed E-state index contributed by atoms with van der Waals surface area (Å²) in [6.45, 7) is 8.27. The molecule has 0 radical (unpaired) electrons. The summed E-state index contributed by atoms with van der Waals surface area (Å²) in [5.74, 6) is 0.850. The van der Waals surface area contributed by atoms with Crippen LogP contribution in [0.4, 0.5) is 0 Å². The Morgan fingerprint density at radius 1 is 1.15 bits per heavy atom. The Morgan fingerprint density at radius 2 is 1.77 bits per heavy atom. The molecule has 0 amide bonds. The first-order valence-corrected chi connectivity index (χ1v) is 4.48. The minimum absolute atomic E-state index is 0.850. The van der Waals surface area contributed by atoms with Gasteiger partial charge in [0.25, 0.3) is 0 Å². The molecule has 0 atom stereocenters. The van der Waals surface area contributed by atoms with Crippen LogP contribution in [0.25, 0.3) is 0 Å². The van der Waals surface area contributed by atoms with Gasteiger partial charge in [-0.25, -0.2) is 4.99 Å². The molecule has 13 heavy (non-hydrogen) atoms. The van der Waals surface area contributed by atoms with Crippen molar-refractivity contribution < 1.29 is 0 Å². The highest BCUT2D eigenvalue weighted by Gasteiger charge is 2.16. The molecule has 0 saturated heterocycles. The molecule has 70 valence electrons. The van der Waals surface area contributed by atoms with E-state index in [4.69, 9.17) is 0 Å². The van der Waals surface area contributed by atoms with Crippen molar-refractivity contribution in [3.05, 3.63) is 22.8 Å². The maximum Gasteiger partial charge on any atom is 0.154 e. The van der Waals surface area contributed by atoms with Gasteiger partial charge in [-0.2, -0.15) is 0 Å². The summed E-state index contributed by atoms with van der Waals surface area (Å²) in [5.41, 5.74) is 4.78. The first-order chi connectivity index (χ1) is 6.11. The highest BCUT2D eigenvalue weighted by Crippen LogP contribution is 2.22. The Labute approximate surface area is 79.8 Å². The summed E-state index contributed by atoms with van der Waals surface area (Å²) < 4.78 is 0. The van der Waals surface area contributed by atoms with Gasteiger partial charge in [0.05, 0.1) is 0 Å². The molecule has 0 aromatic carbocycles. The van der Waals surface area contributed by atoms with E-state index in [0.29, 0.717) is 0 Å². The molecule has 2 heteroatoms. The number of dihydropyridines is 1. The largest absolute Gasteiger partial charge is 0.270 e. The van der Waals surface area contributed by atoms with Gasteiger partial charge in [-0.15, -0.1) is 0 Å². The molecule has 0 N–H and O–H groups in total. The van der Waals surface area contributed by atoms with E-state index < -0.39 is 0 Å². The van der Waals surface area contributed by atoms with Crippen LogP contribution in [0.2, 0.25) is 0 Å². The van der Waals surface area contributed by atoms with Gasteiger partial charge in [0.1, 0.15) is 0 Å². The summed E-state index contributed by atoms with van der Waals surface area (Å²) in [5, 5.41) is 0. The molecule has 1 aliphatic heterocycles. The maximum absolute atomic E-state index is 4.42. The van der Waals surface area contributed by atoms with Gasteiger partial charge in [-0.3, -0.25) is 4.99 Å². The predicted molar refractivity (Wildman–Crippen MR) is 58.6 cm³/mol. The molecule has 0 spiro atoms. The average Bonchev–Trinajstić information content (AvgIpc) is 2.13. The van der Waals surface area contributed by atoms with Crippen LogP contribution in [-0.2, 0) is 0 Å². The molecular formula is C11H16N2. The van der Waals surface area contributed by atoms with Crippen molar-refractivity contribution >= 4 is 11.5 Å². The number of hydrogen-bond donors (Lipinski definition) is 0. The molecule has 0 aliphatic carbocycles. The molecular weight excluding hydrogens is 160 g/mol. The lowest BCUT2D eigenvalue weighted by Gasteiger charge is -2.17. The molecule has 0 fully saturated rings. The van der Waals surface area contributed by atoms with Crippen LogP contribution in [-0.4, -0.2) is 18.6 Å². The first-order valence-electron chi connectivity index (χ1n) is 4.48. The fourth-order valence-electron chi connectivity index (χ4n) is 1.46. The normalized spacial score (nSPS) is 24.2. The van der Waals surface area contributed by atoms with E-state index in [1.54, 1.807) is 7.05 Å². The number of rotatable bonds is 0. The van der Waals surface area contributed by atoms with Crippen molar-refractivity contribution in [1.82, 2.24) is 0 Å². The molecule has 0 unspecified atom stereocenters. The smallest absolute Gasteiger partial charge is 0.154 e. The molecule has 0 aromatic heterocycles. The summed E-state index contributed by atoms with van der Waals surface area (Å²) in [6, 6.07) is 0. The van der Waals surface area contributed by atoms with E-state index >= 15 is 0 Å². The summed E-state index contributed by atoms with van der Waals surface area (Å²) >= 11 is 0. The summed E-state index contributed by atoms with van der Waals surface area (Å²) in [6.07, 6.45) is 2.07. The van der Waals surface area contributed by atoms with Crippen molar-refractivity contribution in [2.75, 3.05) is 7.05 Å². The zero-order chi connectivity index (χ0) is 10.0. The Bertz CT molecular complexity index is 341. The highest BCUT2D eigenvalue weighted by atomic mass is 14.9. The van der Waals surface area contributed by atoms with Crippen LogP contribution in [0, 0.1) is 0 Å². The van der Waals surface area contributed by atoms with Crippen molar-refractivity contribution in [3.63, 3.8) is 0 Å². The van der Waals surface area contributed by atoms with Gasteiger partial charge in [0.15, 0.2) is 5.84 Å². The minimum atomic E-state index is 0.850. The minimum Gasteiger partial charge on any atom is -0.270 e. The Hall–Kier alpha value is -1.18.